The molecular weight excluding hydrogens is 2510 g/mol. The topological polar surface area (TPSA) is 102 Å². The summed E-state index contributed by atoms with van der Waals surface area (Å²) in [6.45, 7) is 0. The zero-order valence-electron chi connectivity index (χ0n) is 20.5. The number of alkyl halides is 27. The van der Waals surface area contributed by atoms with Crippen molar-refractivity contribution in [2.24, 2.45) is 0 Å². The average molecular weight is 2510 g/mol. The third kappa shape index (κ3) is 10.9. The van der Waals surface area contributed by atoms with E-state index in [4.69, 9.17) is 0 Å². The molecule has 36 heteroatoms. The smallest absolute Gasteiger partial charge is 0.224 e. The number of hydrogen-bond acceptors (Lipinski definition) is 6. The van der Waals surface area contributed by atoms with Crippen molar-refractivity contribution in [2.75, 3.05) is 0 Å². The van der Waals surface area contributed by atoms with Crippen LogP contribution in [-0.4, -0.2) is 62.7 Å². The van der Waals surface area contributed by atoms with Crippen molar-refractivity contribution in [3.63, 3.8) is 0 Å². The maximum Gasteiger partial charge on any atom is 0.269 e. The van der Waals surface area contributed by atoms with Crippen LogP contribution in [0.2, 0.25) is 0 Å². The molecule has 0 saturated carbocycles. The first kappa shape index (κ1) is 61.8. The van der Waals surface area contributed by atoms with Gasteiger partial charge in [-0.3, -0.25) is 0 Å². The Kier molecular flexibility index (Phi) is 24.5. The molecule has 0 bridgehead atoms. The predicted octanol–water partition coefficient (Wildman–Crippen LogP) is 18.3. The van der Waals surface area contributed by atoms with Gasteiger partial charge in [0, 0.05) is 0 Å². The first-order valence-corrected chi connectivity index (χ1v) is 35.7. The summed E-state index contributed by atoms with van der Waals surface area (Å²) in [6, 6.07) is 0. The monoisotopic (exact) mass is 2480 g/mol. The molecule has 0 rings (SSSR count). The van der Waals surface area contributed by atoms with E-state index in [2.05, 4.69) is 430 Å². The van der Waals surface area contributed by atoms with E-state index >= 15 is 25.3 Å². The Bertz CT molecular complexity index is 1400. The van der Waals surface area contributed by atoms with Gasteiger partial charge < -0.3 is 0 Å². The fourth-order valence-electron chi connectivity index (χ4n) is 2.48. The Balaban J connectivity index is 8.90. The Morgan fingerprint density at radius 2 is 0.367 bits per heavy atom. The zero-order chi connectivity index (χ0) is 41.1. The van der Waals surface area contributed by atoms with Crippen molar-refractivity contribution in [2.45, 2.75) is 37.4 Å². The zero-order valence-corrected chi connectivity index (χ0v) is 65.7. The van der Waals surface area contributed by atoms with Crippen LogP contribution in [0.15, 0.2) is 0 Å². The third-order valence-electron chi connectivity index (χ3n) is 5.18. The van der Waals surface area contributed by atoms with Crippen LogP contribution in [0.25, 0.3) is 0 Å². The van der Waals surface area contributed by atoms with Gasteiger partial charge in [0.05, 0.1) is 0 Å². The summed E-state index contributed by atoms with van der Waals surface area (Å²) in [5.41, 5.74) is 0. The highest BCUT2D eigenvalue weighted by atomic mass is 80.0. The highest BCUT2D eigenvalue weighted by Gasteiger charge is 2.80. The van der Waals surface area contributed by atoms with Gasteiger partial charge in [0.15, 0.2) is 6.43 Å². The molecule has 0 unspecified atom stereocenters. The second kappa shape index (κ2) is 19.4. The van der Waals surface area contributed by atoms with Gasteiger partial charge in [-0.25, -0.2) is 25.3 Å². The molecular formula is C13HBr27O6S3. The summed E-state index contributed by atoms with van der Waals surface area (Å²) < 4.78 is 64.0. The fraction of sp³-hybridized carbons (Fsp3) is 1.00. The van der Waals surface area contributed by atoms with Gasteiger partial charge in [0.1, 0.15) is 19.4 Å². The molecule has 0 amide bonds. The van der Waals surface area contributed by atoms with Gasteiger partial charge in [-0.1, -0.05) is 430 Å². The molecule has 0 radical (unpaired) electrons. The molecule has 0 aromatic heterocycles. The minimum absolute atomic E-state index is 1.42. The van der Waals surface area contributed by atoms with Crippen LogP contribution >= 0.6 is 430 Å². The molecule has 6 nitrogen and oxygen atoms in total. The normalized spacial score (nSPS) is 17.1. The molecule has 0 spiro atoms. The molecule has 49 heavy (non-hydrogen) atoms. The molecule has 0 aliphatic carbocycles. The van der Waals surface area contributed by atoms with Crippen LogP contribution in [-0.2, 0) is 29.5 Å². The van der Waals surface area contributed by atoms with E-state index in [1.165, 1.54) is 0 Å². The Labute approximate surface area is 509 Å². The Hall–Kier alpha value is 12.8. The van der Waals surface area contributed by atoms with Crippen molar-refractivity contribution in [1.29, 1.82) is 0 Å². The molecule has 0 aromatic rings. The van der Waals surface area contributed by atoms with Crippen LogP contribution in [0.5, 0.6) is 0 Å². The summed E-state index contributed by atoms with van der Waals surface area (Å²) >= 11 is 88.6. The van der Waals surface area contributed by atoms with Crippen molar-refractivity contribution in [3.05, 3.63) is 0 Å². The van der Waals surface area contributed by atoms with E-state index in [1.54, 1.807) is 0 Å². The SMILES string of the molecule is O=S(=O)(C(S(=O)(=O)C(Br)(Br)C(Br)(Br)C(Br)(Br)C(Br)(Br)Br)S(=O)(=O)C(Br)(Br)C(Br)(Br)C(Br)(Br)C(Br)(Br)Br)C(Br)(Br)C(Br)(Br)C(Br)(Br)C(Br)(Br)Br. The van der Waals surface area contributed by atoms with Crippen LogP contribution < -0.4 is 0 Å². The molecule has 0 heterocycles. The second-order valence-corrected chi connectivity index (χ2v) is 70.3. The average Bonchev–Trinajstić information content (AvgIpc) is 2.80. The maximum absolute atomic E-state index is 15.3. The summed E-state index contributed by atoms with van der Waals surface area (Å²) in [4.78, 5) is 0. The lowest BCUT2D eigenvalue weighted by atomic mass is 10.4. The minimum atomic E-state index is -5.76. The summed E-state index contributed by atoms with van der Waals surface area (Å²) in [6.07, 6.45) is 0. The van der Waals surface area contributed by atoms with Crippen molar-refractivity contribution in [3.8, 4) is 0 Å². The highest BCUT2D eigenvalue weighted by Crippen LogP contribution is 2.75. The fourth-order valence-corrected chi connectivity index (χ4v) is 40.0. The largest absolute Gasteiger partial charge is 0.269 e. The third-order valence-corrected chi connectivity index (χ3v) is 69.6. The van der Waals surface area contributed by atoms with E-state index in [0.717, 1.165) is 0 Å². The van der Waals surface area contributed by atoms with E-state index in [0.29, 0.717) is 0 Å². The van der Waals surface area contributed by atoms with Crippen LogP contribution in [0.4, 0.5) is 0 Å². The van der Waals surface area contributed by atoms with E-state index < -0.39 is 67.0 Å². The Morgan fingerprint density at radius 3 is 0.469 bits per heavy atom. The molecule has 0 atom stereocenters. The number of halogens is 27. The summed E-state index contributed by atoms with van der Waals surface area (Å²) in [5, 5.41) is 0. The standard InChI is InChI=1S/C13HBr27O6S3/c14-2(15,8(26,27)28)5(20,21)11(35,36)47(41,42)1(48(43,44)12(37,38)6(22,23)3(16,17)9(29,30)31)49(45,46)13(39,40)7(24,25)4(18,19)10(32,33)34/h1H. The maximum atomic E-state index is 15.3. The van der Waals surface area contributed by atoms with Gasteiger partial charge in [-0.15, -0.1) is 0 Å². The molecule has 296 valence electrons. The summed E-state index contributed by atoms with van der Waals surface area (Å²) in [7, 11) is -17.3. The highest BCUT2D eigenvalue weighted by molar-refractivity contribution is 9.44. The lowest BCUT2D eigenvalue weighted by Crippen LogP contribution is -2.66. The van der Waals surface area contributed by atoms with E-state index in [1.807, 2.05) is 0 Å². The summed E-state index contributed by atoms with van der Waals surface area (Å²) in [5.74, 6) is 0. The molecule has 0 aliphatic heterocycles. The van der Waals surface area contributed by atoms with Crippen LogP contribution in [0, 0.1) is 0 Å². The molecule has 0 saturated heterocycles. The van der Waals surface area contributed by atoms with E-state index in [9.17, 15) is 0 Å². The predicted molar refractivity (Wildman–Crippen MR) is 304 cm³/mol. The van der Waals surface area contributed by atoms with Gasteiger partial charge in [-0.2, -0.15) is 0 Å². The second-order valence-electron chi connectivity index (χ2n) is 8.41. The van der Waals surface area contributed by atoms with Crippen LogP contribution in [0.1, 0.15) is 0 Å². The first-order chi connectivity index (χ1) is 20.4. The van der Waals surface area contributed by atoms with Crippen molar-refractivity contribution in [1.82, 2.24) is 0 Å². The van der Waals surface area contributed by atoms with Gasteiger partial charge in [-0.05, 0) is 0 Å². The van der Waals surface area contributed by atoms with Crippen LogP contribution in [0.3, 0.4) is 0 Å². The molecule has 0 aliphatic rings. The quantitative estimate of drug-likeness (QED) is 0.180. The number of sulfone groups is 3. The van der Waals surface area contributed by atoms with Gasteiger partial charge >= 0.3 is 0 Å². The number of hydrogen-bond donors (Lipinski definition) is 0. The van der Waals surface area contributed by atoms with E-state index in [-0.39, 0.29) is 0 Å². The van der Waals surface area contributed by atoms with Gasteiger partial charge in [0.2, 0.25) is 37.2 Å². The minimum Gasteiger partial charge on any atom is -0.224 e. The first-order valence-electron chi connectivity index (χ1n) is 9.67. The lowest BCUT2D eigenvalue weighted by Gasteiger charge is -2.50. The van der Waals surface area contributed by atoms with Gasteiger partial charge in [0.25, 0.3) is 3.91 Å². The number of rotatable bonds is 12. The molecule has 0 N–H and O–H groups in total. The van der Waals surface area contributed by atoms with Crippen molar-refractivity contribution < 1.29 is 25.3 Å². The Morgan fingerprint density at radius 1 is 0.245 bits per heavy atom. The van der Waals surface area contributed by atoms with Crippen molar-refractivity contribution >= 4 is 460 Å². The molecule has 0 fully saturated rings. The molecule has 0 aromatic carbocycles. The lowest BCUT2D eigenvalue weighted by molar-refractivity contribution is 0.561.